The number of rotatable bonds is 8. The number of carbonyl (C=O) groups is 1. The van der Waals surface area contributed by atoms with E-state index in [9.17, 15) is 4.79 Å². The molecule has 5 nitrogen and oxygen atoms in total. The Morgan fingerprint density at radius 2 is 1.72 bits per heavy atom. The van der Waals surface area contributed by atoms with Crippen molar-refractivity contribution in [2.75, 3.05) is 26.7 Å². The minimum absolute atomic E-state index is 0. The third-order valence-electron chi connectivity index (χ3n) is 5.19. The van der Waals surface area contributed by atoms with Crippen LogP contribution < -0.4 is 15.8 Å². The van der Waals surface area contributed by atoms with Gasteiger partial charge in [0.25, 0.3) is 0 Å². The summed E-state index contributed by atoms with van der Waals surface area (Å²) in [7, 11) is 1.68. The van der Waals surface area contributed by atoms with Gasteiger partial charge in [-0.15, -0.1) is 24.8 Å². The maximum Gasteiger partial charge on any atom is 0.221 e. The lowest BCUT2D eigenvalue weighted by atomic mass is 10.0. The molecule has 0 bridgehead atoms. The van der Waals surface area contributed by atoms with Gasteiger partial charge < -0.3 is 15.8 Å². The predicted molar refractivity (Wildman–Crippen MR) is 122 cm³/mol. The molecule has 1 amide bonds. The second-order valence-electron chi connectivity index (χ2n) is 7.06. The summed E-state index contributed by atoms with van der Waals surface area (Å²) in [5, 5.41) is 3.09. The molecular weight excluding hydrogens is 409 g/mol. The fraction of sp³-hybridized carbons (Fsp3) is 0.409. The van der Waals surface area contributed by atoms with E-state index in [1.54, 1.807) is 7.11 Å². The molecule has 1 aliphatic rings. The molecule has 1 fully saturated rings. The average molecular weight is 440 g/mol. The highest BCUT2D eigenvalue weighted by Gasteiger charge is 2.24. The molecular formula is C22H31Cl2N3O2. The number of amides is 1. The van der Waals surface area contributed by atoms with Crippen molar-refractivity contribution in [3.8, 4) is 5.75 Å². The zero-order valence-corrected chi connectivity index (χ0v) is 18.4. The number of carbonyl (C=O) groups excluding carboxylic acids is 1. The van der Waals surface area contributed by atoms with Crippen molar-refractivity contribution in [1.82, 2.24) is 10.2 Å². The number of methoxy groups -OCH3 is 1. The number of nitrogens with one attached hydrogen (secondary N) is 1. The first-order valence-corrected chi connectivity index (χ1v) is 9.62. The highest BCUT2D eigenvalue weighted by atomic mass is 35.5. The zero-order valence-electron chi connectivity index (χ0n) is 16.8. The van der Waals surface area contributed by atoms with Crippen molar-refractivity contribution >= 4 is 30.7 Å². The van der Waals surface area contributed by atoms with Gasteiger partial charge in [0.2, 0.25) is 5.91 Å². The normalized spacial score (nSPS) is 15.5. The maximum absolute atomic E-state index is 12.5. The van der Waals surface area contributed by atoms with Gasteiger partial charge in [0.05, 0.1) is 13.2 Å². The molecule has 160 valence electrons. The van der Waals surface area contributed by atoms with Crippen LogP contribution in [0.4, 0.5) is 0 Å². The van der Waals surface area contributed by atoms with E-state index < -0.39 is 0 Å². The number of hydrogen-bond donors (Lipinski definition) is 2. The summed E-state index contributed by atoms with van der Waals surface area (Å²) in [6.45, 7) is 2.69. The van der Waals surface area contributed by atoms with Crippen LogP contribution in [0.25, 0.3) is 0 Å². The van der Waals surface area contributed by atoms with Crippen molar-refractivity contribution < 1.29 is 9.53 Å². The molecule has 0 aromatic heterocycles. The molecule has 0 aliphatic carbocycles. The molecule has 7 heteroatoms. The monoisotopic (exact) mass is 439 g/mol. The summed E-state index contributed by atoms with van der Waals surface area (Å²) in [6, 6.07) is 17.7. The van der Waals surface area contributed by atoms with E-state index in [4.69, 9.17) is 10.5 Å². The van der Waals surface area contributed by atoms with E-state index in [1.807, 2.05) is 42.5 Å². The van der Waals surface area contributed by atoms with Crippen LogP contribution in [-0.4, -0.2) is 37.6 Å². The Balaban J connectivity index is 0.00000210. The van der Waals surface area contributed by atoms with Crippen LogP contribution in [0.5, 0.6) is 5.75 Å². The van der Waals surface area contributed by atoms with E-state index >= 15 is 0 Å². The molecule has 2 aromatic carbocycles. The van der Waals surface area contributed by atoms with Gasteiger partial charge in [-0.05, 0) is 49.2 Å². The fourth-order valence-electron chi connectivity index (χ4n) is 3.66. The van der Waals surface area contributed by atoms with Crippen LogP contribution in [0.15, 0.2) is 54.6 Å². The summed E-state index contributed by atoms with van der Waals surface area (Å²) in [6.07, 6.45) is 2.69. The van der Waals surface area contributed by atoms with Gasteiger partial charge in [-0.3, -0.25) is 9.69 Å². The van der Waals surface area contributed by atoms with Gasteiger partial charge in [-0.2, -0.15) is 0 Å². The third kappa shape index (κ3) is 7.19. The van der Waals surface area contributed by atoms with Gasteiger partial charge in [0, 0.05) is 19.0 Å². The number of likely N-dealkylation sites (tertiary alicyclic amines) is 1. The molecule has 3 N–H and O–H groups in total. The van der Waals surface area contributed by atoms with Crippen molar-refractivity contribution in [2.45, 2.75) is 31.3 Å². The van der Waals surface area contributed by atoms with Crippen LogP contribution in [0.2, 0.25) is 0 Å². The first-order valence-electron chi connectivity index (χ1n) is 9.62. The van der Waals surface area contributed by atoms with Gasteiger partial charge >= 0.3 is 0 Å². The smallest absolute Gasteiger partial charge is 0.221 e. The first kappa shape index (κ1) is 25.2. The summed E-state index contributed by atoms with van der Waals surface area (Å²) in [5.74, 6) is 0.826. The van der Waals surface area contributed by atoms with Gasteiger partial charge in [-0.25, -0.2) is 0 Å². The third-order valence-corrected chi connectivity index (χ3v) is 5.19. The van der Waals surface area contributed by atoms with Crippen molar-refractivity contribution in [1.29, 1.82) is 0 Å². The molecule has 3 rings (SSSR count). The SMILES string of the molecule is COc1cccc(C(CNC(=O)CC(N)c2ccccc2)N2CCCC2)c1.Cl.Cl. The van der Waals surface area contributed by atoms with E-state index in [0.29, 0.717) is 6.54 Å². The molecule has 1 heterocycles. The summed E-state index contributed by atoms with van der Waals surface area (Å²) < 4.78 is 5.37. The second-order valence-corrected chi connectivity index (χ2v) is 7.06. The highest BCUT2D eigenvalue weighted by molar-refractivity contribution is 5.85. The molecule has 0 spiro atoms. The largest absolute Gasteiger partial charge is 0.497 e. The van der Waals surface area contributed by atoms with E-state index in [1.165, 1.54) is 18.4 Å². The van der Waals surface area contributed by atoms with E-state index in [2.05, 4.69) is 22.3 Å². The Labute approximate surface area is 185 Å². The maximum atomic E-state index is 12.5. The molecule has 1 saturated heterocycles. The lowest BCUT2D eigenvalue weighted by Gasteiger charge is -2.28. The lowest BCUT2D eigenvalue weighted by Crippen LogP contribution is -2.37. The van der Waals surface area contributed by atoms with Crippen molar-refractivity contribution in [3.05, 3.63) is 65.7 Å². The molecule has 1 aliphatic heterocycles. The molecule has 0 radical (unpaired) electrons. The minimum Gasteiger partial charge on any atom is -0.497 e. The number of benzene rings is 2. The van der Waals surface area contributed by atoms with Crippen LogP contribution in [0.1, 0.15) is 42.5 Å². The predicted octanol–water partition coefficient (Wildman–Crippen LogP) is 3.88. The number of nitrogens with zero attached hydrogens (tertiary/aromatic N) is 1. The Hall–Kier alpha value is -1.79. The van der Waals surface area contributed by atoms with Gasteiger partial charge in [0.1, 0.15) is 5.75 Å². The van der Waals surface area contributed by atoms with E-state index in [-0.39, 0.29) is 49.2 Å². The second kappa shape index (κ2) is 12.7. The topological polar surface area (TPSA) is 67.6 Å². The van der Waals surface area contributed by atoms with Crippen molar-refractivity contribution in [3.63, 3.8) is 0 Å². The highest BCUT2D eigenvalue weighted by Crippen LogP contribution is 2.27. The number of halogens is 2. The Kier molecular flexibility index (Phi) is 11.1. The molecule has 2 atom stereocenters. The molecule has 2 unspecified atom stereocenters. The van der Waals surface area contributed by atoms with Crippen LogP contribution in [-0.2, 0) is 4.79 Å². The Morgan fingerprint density at radius 3 is 2.38 bits per heavy atom. The molecule has 0 saturated carbocycles. The number of ether oxygens (including phenoxy) is 1. The lowest BCUT2D eigenvalue weighted by molar-refractivity contribution is -0.121. The number of nitrogens with two attached hydrogens (primary N) is 1. The number of hydrogen-bond acceptors (Lipinski definition) is 4. The van der Waals surface area contributed by atoms with Crippen LogP contribution in [0, 0.1) is 0 Å². The van der Waals surface area contributed by atoms with E-state index in [0.717, 1.165) is 24.4 Å². The standard InChI is InChI=1S/C22H29N3O2.2ClH/c1-27-19-11-7-10-18(14-19)21(25-12-5-6-13-25)16-24-22(26)15-20(23)17-8-3-2-4-9-17;;/h2-4,7-11,14,20-21H,5-6,12-13,15-16,23H2,1H3,(H,24,26);2*1H. The minimum atomic E-state index is -0.284. The first-order chi connectivity index (χ1) is 13.2. The molecule has 2 aromatic rings. The summed E-state index contributed by atoms with van der Waals surface area (Å²) in [4.78, 5) is 14.9. The summed E-state index contributed by atoms with van der Waals surface area (Å²) >= 11 is 0. The average Bonchev–Trinajstić information content (AvgIpc) is 3.23. The molecule has 29 heavy (non-hydrogen) atoms. The van der Waals surface area contributed by atoms with Crippen LogP contribution >= 0.6 is 24.8 Å². The summed E-state index contributed by atoms with van der Waals surface area (Å²) in [5.41, 5.74) is 8.34. The Bertz CT molecular complexity index is 740. The van der Waals surface area contributed by atoms with Gasteiger partial charge in [-0.1, -0.05) is 42.5 Å². The van der Waals surface area contributed by atoms with Gasteiger partial charge in [0.15, 0.2) is 0 Å². The quantitative estimate of drug-likeness (QED) is 0.654. The van der Waals surface area contributed by atoms with Crippen LogP contribution in [0.3, 0.4) is 0 Å². The Morgan fingerprint density at radius 1 is 1.07 bits per heavy atom. The zero-order chi connectivity index (χ0) is 19.1. The fourth-order valence-corrected chi connectivity index (χ4v) is 3.66. The van der Waals surface area contributed by atoms with Crippen molar-refractivity contribution in [2.24, 2.45) is 5.73 Å².